The van der Waals surface area contributed by atoms with E-state index in [0.29, 0.717) is 0 Å². The van der Waals surface area contributed by atoms with Crippen LogP contribution in [0.1, 0.15) is 0 Å². The lowest BCUT2D eigenvalue weighted by molar-refractivity contribution is -0.116. The van der Waals surface area contributed by atoms with E-state index < -0.39 is 0 Å². The van der Waals surface area contributed by atoms with Crippen LogP contribution in [0.4, 0.5) is 5.69 Å². The van der Waals surface area contributed by atoms with E-state index in [1.807, 2.05) is 42.7 Å². The highest BCUT2D eigenvalue weighted by molar-refractivity contribution is 8.03. The van der Waals surface area contributed by atoms with Crippen LogP contribution in [0.15, 0.2) is 39.0 Å². The number of nitrogens with zero attached hydrogens (tertiary/aromatic N) is 4. The number of anilines is 1. The van der Waals surface area contributed by atoms with Gasteiger partial charge in [-0.05, 0) is 18.4 Å². The predicted molar refractivity (Wildman–Crippen MR) is 86.8 cm³/mol. The molecule has 0 unspecified atom stereocenters. The van der Waals surface area contributed by atoms with Gasteiger partial charge >= 0.3 is 0 Å². The van der Waals surface area contributed by atoms with Crippen molar-refractivity contribution in [1.82, 2.24) is 10.2 Å². The van der Waals surface area contributed by atoms with E-state index in [1.54, 1.807) is 0 Å². The van der Waals surface area contributed by atoms with E-state index >= 15 is 0 Å². The molecule has 1 aromatic carbocycles. The molecule has 0 radical (unpaired) electrons. The fourth-order valence-electron chi connectivity index (χ4n) is 1.54. The van der Waals surface area contributed by atoms with Crippen molar-refractivity contribution in [2.45, 2.75) is 8.68 Å². The molecule has 5 nitrogen and oxygen atoms in total. The van der Waals surface area contributed by atoms with Crippen LogP contribution in [0, 0.1) is 11.3 Å². The van der Waals surface area contributed by atoms with Gasteiger partial charge < -0.3 is 0 Å². The number of hydrogen-bond acceptors (Lipinski definition) is 7. The van der Waals surface area contributed by atoms with Gasteiger partial charge in [0, 0.05) is 5.69 Å². The van der Waals surface area contributed by atoms with Crippen molar-refractivity contribution in [2.24, 2.45) is 0 Å². The van der Waals surface area contributed by atoms with Crippen LogP contribution in [-0.4, -0.2) is 34.7 Å². The summed E-state index contributed by atoms with van der Waals surface area (Å²) >= 11 is 4.34. The minimum Gasteiger partial charge on any atom is -0.298 e. The Morgan fingerprint density at radius 2 is 2.05 bits per heavy atom. The smallest absolute Gasteiger partial charge is 0.238 e. The van der Waals surface area contributed by atoms with Crippen molar-refractivity contribution < 1.29 is 4.79 Å². The first-order chi connectivity index (χ1) is 10.2. The first kappa shape index (κ1) is 15.8. The number of para-hydroxylation sites is 1. The molecule has 0 saturated carbocycles. The molecule has 0 atom stereocenters. The SMILES string of the molecule is CSc1nnc(SCC(=O)N(CC#N)c2ccccc2)s1. The van der Waals surface area contributed by atoms with E-state index in [1.165, 1.54) is 39.8 Å². The zero-order chi connectivity index (χ0) is 15.1. The maximum atomic E-state index is 12.3. The number of benzene rings is 1. The Morgan fingerprint density at radius 3 is 2.67 bits per heavy atom. The molecule has 0 saturated heterocycles. The van der Waals surface area contributed by atoms with E-state index in [4.69, 9.17) is 5.26 Å². The van der Waals surface area contributed by atoms with Crippen molar-refractivity contribution in [1.29, 1.82) is 5.26 Å². The highest BCUT2D eigenvalue weighted by Gasteiger charge is 2.16. The van der Waals surface area contributed by atoms with Crippen molar-refractivity contribution >= 4 is 46.5 Å². The quantitative estimate of drug-likeness (QED) is 0.597. The lowest BCUT2D eigenvalue weighted by atomic mass is 10.3. The molecule has 8 heteroatoms. The molecule has 0 aliphatic carbocycles. The van der Waals surface area contributed by atoms with Gasteiger partial charge in [-0.3, -0.25) is 9.69 Å². The molecular formula is C13H12N4OS3. The Bertz CT molecular complexity index is 638. The summed E-state index contributed by atoms with van der Waals surface area (Å²) in [5.41, 5.74) is 0.728. The number of amides is 1. The molecule has 108 valence electrons. The first-order valence-electron chi connectivity index (χ1n) is 5.97. The molecule has 2 aromatic rings. The largest absolute Gasteiger partial charge is 0.298 e. The zero-order valence-electron chi connectivity index (χ0n) is 11.2. The monoisotopic (exact) mass is 336 g/mol. The highest BCUT2D eigenvalue weighted by atomic mass is 32.2. The number of hydrogen-bond donors (Lipinski definition) is 0. The van der Waals surface area contributed by atoms with Gasteiger partial charge in [0.25, 0.3) is 0 Å². The summed E-state index contributed by atoms with van der Waals surface area (Å²) in [6, 6.07) is 11.2. The third kappa shape index (κ3) is 4.46. The van der Waals surface area contributed by atoms with Crippen LogP contribution in [0.2, 0.25) is 0 Å². The molecule has 0 bridgehead atoms. The summed E-state index contributed by atoms with van der Waals surface area (Å²) in [4.78, 5) is 13.8. The summed E-state index contributed by atoms with van der Waals surface area (Å²) in [6.07, 6.45) is 1.93. The normalized spacial score (nSPS) is 10.1. The minimum atomic E-state index is -0.117. The zero-order valence-corrected chi connectivity index (χ0v) is 13.7. The standard InChI is InChI=1S/C13H12N4OS3/c1-19-12-15-16-13(21-12)20-9-11(18)17(8-7-14)10-5-3-2-4-6-10/h2-6H,8-9H2,1H3. The van der Waals surface area contributed by atoms with Gasteiger partial charge in [-0.25, -0.2) is 0 Å². The summed E-state index contributed by atoms with van der Waals surface area (Å²) in [6.45, 7) is 0.0373. The first-order valence-corrected chi connectivity index (χ1v) is 9.00. The summed E-state index contributed by atoms with van der Waals surface area (Å²) in [7, 11) is 0. The molecule has 1 amide bonds. The molecule has 1 heterocycles. The Morgan fingerprint density at radius 1 is 1.33 bits per heavy atom. The van der Waals surface area contributed by atoms with Crippen LogP contribution >= 0.6 is 34.9 Å². The number of rotatable bonds is 6. The fourth-order valence-corrected chi connectivity index (χ4v) is 3.86. The molecule has 2 rings (SSSR count). The van der Waals surface area contributed by atoms with E-state index in [9.17, 15) is 4.79 Å². The Labute approximate surface area is 135 Å². The number of thioether (sulfide) groups is 2. The molecule has 0 aliphatic rings. The summed E-state index contributed by atoms with van der Waals surface area (Å²) in [5.74, 6) is 0.119. The van der Waals surface area contributed by atoms with Crippen LogP contribution in [0.25, 0.3) is 0 Å². The maximum Gasteiger partial charge on any atom is 0.238 e. The van der Waals surface area contributed by atoms with Crippen molar-refractivity contribution in [3.63, 3.8) is 0 Å². The molecule has 1 aromatic heterocycles. The highest BCUT2D eigenvalue weighted by Crippen LogP contribution is 2.27. The molecule has 0 aliphatic heterocycles. The lowest BCUT2D eigenvalue weighted by Crippen LogP contribution is -2.32. The Hall–Kier alpha value is -1.56. The average Bonchev–Trinajstić information content (AvgIpc) is 2.99. The molecule has 21 heavy (non-hydrogen) atoms. The van der Waals surface area contributed by atoms with Crippen molar-refractivity contribution in [2.75, 3.05) is 23.5 Å². The van der Waals surface area contributed by atoms with Crippen molar-refractivity contribution in [3.8, 4) is 6.07 Å². The van der Waals surface area contributed by atoms with Gasteiger partial charge in [-0.2, -0.15) is 5.26 Å². The van der Waals surface area contributed by atoms with E-state index in [-0.39, 0.29) is 18.2 Å². The van der Waals surface area contributed by atoms with Gasteiger partial charge in [0.15, 0.2) is 8.68 Å². The number of aromatic nitrogens is 2. The maximum absolute atomic E-state index is 12.3. The van der Waals surface area contributed by atoms with Gasteiger partial charge in [0.1, 0.15) is 6.54 Å². The molecule has 0 fully saturated rings. The topological polar surface area (TPSA) is 69.9 Å². The van der Waals surface area contributed by atoms with Crippen LogP contribution in [-0.2, 0) is 4.79 Å². The second kappa shape index (κ2) is 8.02. The van der Waals surface area contributed by atoms with Gasteiger partial charge in [-0.15, -0.1) is 10.2 Å². The van der Waals surface area contributed by atoms with E-state index in [2.05, 4.69) is 10.2 Å². The minimum absolute atomic E-state index is 0.0373. The van der Waals surface area contributed by atoms with Gasteiger partial charge in [0.2, 0.25) is 5.91 Å². The second-order valence-electron chi connectivity index (χ2n) is 3.80. The number of nitriles is 1. The summed E-state index contributed by atoms with van der Waals surface area (Å²) in [5, 5.41) is 16.9. The van der Waals surface area contributed by atoms with E-state index in [0.717, 1.165) is 14.4 Å². The summed E-state index contributed by atoms with van der Waals surface area (Å²) < 4.78 is 1.64. The van der Waals surface area contributed by atoms with Crippen LogP contribution in [0.5, 0.6) is 0 Å². The lowest BCUT2D eigenvalue weighted by Gasteiger charge is -2.19. The molecular weight excluding hydrogens is 324 g/mol. The second-order valence-corrected chi connectivity index (χ2v) is 7.05. The Kier molecular flexibility index (Phi) is 6.04. The third-order valence-corrected chi connectivity index (χ3v) is 5.50. The molecule has 0 spiro atoms. The predicted octanol–water partition coefficient (Wildman–Crippen LogP) is 2.91. The van der Waals surface area contributed by atoms with Gasteiger partial charge in [0.05, 0.1) is 11.8 Å². The van der Waals surface area contributed by atoms with Gasteiger partial charge in [-0.1, -0.05) is 53.1 Å². The fraction of sp³-hybridized carbons (Fsp3) is 0.231. The molecule has 0 N–H and O–H groups in total. The van der Waals surface area contributed by atoms with Crippen LogP contribution in [0.3, 0.4) is 0 Å². The number of carbonyl (C=O) groups excluding carboxylic acids is 1. The number of carbonyl (C=O) groups is 1. The average molecular weight is 336 g/mol. The Balaban J connectivity index is 2.01. The van der Waals surface area contributed by atoms with Crippen molar-refractivity contribution in [3.05, 3.63) is 30.3 Å². The van der Waals surface area contributed by atoms with Crippen LogP contribution < -0.4 is 4.90 Å². The third-order valence-electron chi connectivity index (χ3n) is 2.48.